The van der Waals surface area contributed by atoms with Gasteiger partial charge in [0.05, 0.1) is 13.2 Å². The van der Waals surface area contributed by atoms with Gasteiger partial charge in [-0.05, 0) is 74.7 Å². The van der Waals surface area contributed by atoms with Gasteiger partial charge in [-0.3, -0.25) is 19.5 Å². The maximum atomic E-state index is 13.6. The van der Waals surface area contributed by atoms with Gasteiger partial charge in [0.2, 0.25) is 0 Å². The molecule has 3 heterocycles. The van der Waals surface area contributed by atoms with Crippen LogP contribution in [0.3, 0.4) is 0 Å². The molecule has 4 rings (SSSR count). The smallest absolute Gasteiger partial charge is 0.286 e. The van der Waals surface area contributed by atoms with Crippen LogP contribution in [0.5, 0.6) is 0 Å². The first kappa shape index (κ1) is 27.1. The quantitative estimate of drug-likeness (QED) is 0.419. The van der Waals surface area contributed by atoms with Crippen LogP contribution in [0, 0.1) is 6.92 Å². The van der Waals surface area contributed by atoms with Gasteiger partial charge in [0.15, 0.2) is 0 Å². The summed E-state index contributed by atoms with van der Waals surface area (Å²) in [5, 5.41) is 2.77. The number of rotatable bonds is 7. The Labute approximate surface area is 220 Å². The maximum Gasteiger partial charge on any atom is 0.286 e. The molecule has 9 heteroatoms. The Balaban J connectivity index is 1.55. The average Bonchev–Trinajstić information content (AvgIpc) is 2.90. The lowest BCUT2D eigenvalue weighted by Gasteiger charge is -2.25. The van der Waals surface area contributed by atoms with Crippen LogP contribution in [0.4, 0.5) is 20.3 Å². The number of amides is 2. The van der Waals surface area contributed by atoms with Crippen LogP contribution in [-0.2, 0) is 15.5 Å². The topological polar surface area (TPSA) is 84.4 Å². The van der Waals surface area contributed by atoms with Gasteiger partial charge in [-0.1, -0.05) is 11.6 Å². The van der Waals surface area contributed by atoms with Gasteiger partial charge in [0, 0.05) is 48.2 Å². The molecular formula is C29H30F2N4O3. The molecule has 1 aromatic carbocycles. The summed E-state index contributed by atoms with van der Waals surface area (Å²) in [5.41, 5.74) is 4.43. The van der Waals surface area contributed by atoms with Gasteiger partial charge in [-0.2, -0.15) is 8.78 Å². The van der Waals surface area contributed by atoms with Gasteiger partial charge < -0.3 is 10.1 Å². The van der Waals surface area contributed by atoms with Crippen molar-refractivity contribution in [2.45, 2.75) is 40.0 Å². The van der Waals surface area contributed by atoms with Crippen molar-refractivity contribution in [1.82, 2.24) is 9.97 Å². The second-order valence-corrected chi connectivity index (χ2v) is 9.32. The Morgan fingerprint density at radius 2 is 1.89 bits per heavy atom. The number of anilines is 2. The number of benzene rings is 1. The number of carbonyl (C=O) groups excluding carboxylic acids is 2. The number of ether oxygens (including phenoxy) is 1. The van der Waals surface area contributed by atoms with E-state index in [1.54, 1.807) is 29.3 Å². The molecule has 0 saturated heterocycles. The zero-order valence-corrected chi connectivity index (χ0v) is 21.8. The number of nitrogens with zero attached hydrogens (tertiary/aromatic N) is 3. The van der Waals surface area contributed by atoms with Crippen LogP contribution >= 0.6 is 0 Å². The van der Waals surface area contributed by atoms with Crippen molar-refractivity contribution in [3.63, 3.8) is 0 Å². The van der Waals surface area contributed by atoms with Crippen molar-refractivity contribution < 1.29 is 23.1 Å². The zero-order chi connectivity index (χ0) is 27.4. The van der Waals surface area contributed by atoms with Gasteiger partial charge in [0.1, 0.15) is 11.5 Å². The molecule has 1 aliphatic heterocycles. The van der Waals surface area contributed by atoms with Gasteiger partial charge in [0.25, 0.3) is 17.7 Å². The van der Waals surface area contributed by atoms with Crippen molar-refractivity contribution >= 4 is 23.3 Å². The molecule has 0 bridgehead atoms. The first-order valence-electron chi connectivity index (χ1n) is 12.4. The van der Waals surface area contributed by atoms with E-state index in [-0.39, 0.29) is 11.5 Å². The third-order valence-corrected chi connectivity index (χ3v) is 6.51. The summed E-state index contributed by atoms with van der Waals surface area (Å²) in [6.45, 7) is 7.92. The van der Waals surface area contributed by atoms with E-state index >= 15 is 0 Å². The van der Waals surface area contributed by atoms with Crippen LogP contribution in [0.1, 0.15) is 48.8 Å². The average molecular weight is 521 g/mol. The second kappa shape index (κ2) is 11.2. The summed E-state index contributed by atoms with van der Waals surface area (Å²) in [4.78, 5) is 35.7. The molecule has 1 N–H and O–H groups in total. The lowest BCUT2D eigenvalue weighted by Crippen LogP contribution is -2.35. The molecule has 3 aromatic rings. The predicted octanol–water partition coefficient (Wildman–Crippen LogP) is 5.91. The first-order chi connectivity index (χ1) is 18.1. The van der Waals surface area contributed by atoms with Crippen LogP contribution in [0.25, 0.3) is 11.1 Å². The minimum Gasteiger partial charge on any atom is -0.376 e. The van der Waals surface area contributed by atoms with E-state index in [4.69, 9.17) is 4.74 Å². The van der Waals surface area contributed by atoms with Crippen molar-refractivity contribution in [1.29, 1.82) is 0 Å². The standard InChI is InChI=1S/C29H30F2N4O3/c1-5-35(28(37)24-17-38-13-11-19(24)3)26-9-7-21(16-33-26)23-15-22(8-6-18(23)2)34-27(36)20-10-12-32-25(14-20)29(4,30)31/h6-10,12,14-16H,5,11,13,17H2,1-4H3,(H,34,36). The molecule has 0 radical (unpaired) electrons. The van der Waals surface area contributed by atoms with Crippen molar-refractivity contribution in [2.75, 3.05) is 30.0 Å². The van der Waals surface area contributed by atoms with Crippen molar-refractivity contribution in [2.24, 2.45) is 0 Å². The van der Waals surface area contributed by atoms with Crippen LogP contribution in [0.15, 0.2) is 66.0 Å². The summed E-state index contributed by atoms with van der Waals surface area (Å²) in [6.07, 6.45) is 3.62. The summed E-state index contributed by atoms with van der Waals surface area (Å²) >= 11 is 0. The van der Waals surface area contributed by atoms with E-state index in [9.17, 15) is 18.4 Å². The molecule has 0 spiro atoms. The second-order valence-electron chi connectivity index (χ2n) is 9.32. The van der Waals surface area contributed by atoms with Crippen LogP contribution < -0.4 is 10.2 Å². The fraction of sp³-hybridized carbons (Fsp3) is 0.310. The van der Waals surface area contributed by atoms with E-state index < -0.39 is 17.5 Å². The van der Waals surface area contributed by atoms with Crippen LogP contribution in [0.2, 0.25) is 0 Å². The summed E-state index contributed by atoms with van der Waals surface area (Å²) in [6, 6.07) is 11.6. The predicted molar refractivity (Wildman–Crippen MR) is 142 cm³/mol. The Bertz CT molecular complexity index is 1380. The van der Waals surface area contributed by atoms with E-state index in [0.717, 1.165) is 41.7 Å². The third-order valence-electron chi connectivity index (χ3n) is 6.51. The Morgan fingerprint density at radius 1 is 1.11 bits per heavy atom. The van der Waals surface area contributed by atoms with Gasteiger partial charge >= 0.3 is 0 Å². The molecule has 7 nitrogen and oxygen atoms in total. The molecule has 38 heavy (non-hydrogen) atoms. The highest BCUT2D eigenvalue weighted by Gasteiger charge is 2.27. The summed E-state index contributed by atoms with van der Waals surface area (Å²) in [5.74, 6) is -3.24. The SMILES string of the molecule is CCN(C(=O)C1=C(C)CCOC1)c1ccc(-c2cc(NC(=O)c3ccnc(C(C)(F)F)c3)ccc2C)cn1. The van der Waals surface area contributed by atoms with Crippen LogP contribution in [-0.4, -0.2) is 41.5 Å². The highest BCUT2D eigenvalue weighted by atomic mass is 19.3. The van der Waals surface area contributed by atoms with Gasteiger partial charge in [-0.25, -0.2) is 4.98 Å². The summed E-state index contributed by atoms with van der Waals surface area (Å²) in [7, 11) is 0. The maximum absolute atomic E-state index is 13.6. The number of aromatic nitrogens is 2. The minimum absolute atomic E-state index is 0.0858. The van der Waals surface area contributed by atoms with E-state index in [2.05, 4.69) is 15.3 Å². The monoisotopic (exact) mass is 520 g/mol. The van der Waals surface area contributed by atoms with E-state index in [0.29, 0.717) is 36.8 Å². The number of carbonyl (C=O) groups is 2. The number of nitrogens with one attached hydrogen (secondary N) is 1. The summed E-state index contributed by atoms with van der Waals surface area (Å²) < 4.78 is 32.8. The third kappa shape index (κ3) is 5.94. The number of pyridine rings is 2. The number of aryl methyl sites for hydroxylation is 1. The molecule has 0 unspecified atom stereocenters. The Morgan fingerprint density at radius 3 is 2.55 bits per heavy atom. The van der Waals surface area contributed by atoms with Gasteiger partial charge in [-0.15, -0.1) is 0 Å². The van der Waals surface area contributed by atoms with E-state index in [1.165, 1.54) is 12.3 Å². The fourth-order valence-corrected chi connectivity index (χ4v) is 4.22. The molecule has 0 atom stereocenters. The lowest BCUT2D eigenvalue weighted by molar-refractivity contribution is -0.116. The molecule has 198 valence electrons. The molecule has 2 aromatic heterocycles. The highest BCUT2D eigenvalue weighted by molar-refractivity contribution is 6.06. The molecule has 0 fully saturated rings. The van der Waals surface area contributed by atoms with E-state index in [1.807, 2.05) is 32.9 Å². The fourth-order valence-electron chi connectivity index (χ4n) is 4.22. The normalized spacial score (nSPS) is 13.8. The molecular weight excluding hydrogens is 490 g/mol. The van der Waals surface area contributed by atoms with Crippen molar-refractivity contribution in [3.8, 4) is 11.1 Å². The molecule has 2 amide bonds. The number of hydrogen-bond acceptors (Lipinski definition) is 5. The Hall–Kier alpha value is -3.98. The number of alkyl halides is 2. The number of likely N-dealkylation sites (N-methyl/N-ethyl adjacent to an activating group) is 1. The molecule has 0 aliphatic carbocycles. The number of hydrogen-bond donors (Lipinski definition) is 1. The molecule has 0 saturated carbocycles. The lowest BCUT2D eigenvalue weighted by atomic mass is 10.0. The number of halogens is 2. The molecule has 1 aliphatic rings. The Kier molecular flexibility index (Phi) is 7.97. The highest BCUT2D eigenvalue weighted by Crippen LogP contribution is 2.29. The largest absolute Gasteiger partial charge is 0.376 e. The minimum atomic E-state index is -3.15. The van der Waals surface area contributed by atoms with Crippen molar-refractivity contribution in [3.05, 3.63) is 82.8 Å². The zero-order valence-electron chi connectivity index (χ0n) is 21.8. The first-order valence-corrected chi connectivity index (χ1v) is 12.4.